The van der Waals surface area contributed by atoms with Gasteiger partial charge in [-0.15, -0.1) is 0 Å². The monoisotopic (exact) mass is 279 g/mol. The molecule has 0 aliphatic heterocycles. The second kappa shape index (κ2) is 5.48. The number of rotatable bonds is 2. The molecule has 0 fully saturated rings. The third-order valence-electron chi connectivity index (χ3n) is 3.35. The fourth-order valence-corrected chi connectivity index (χ4v) is 2.51. The number of aryl methyl sites for hydroxylation is 1. The predicted octanol–water partition coefficient (Wildman–Crippen LogP) is 5.38. The Morgan fingerprint density at radius 3 is 2.35 bits per heavy atom. The first kappa shape index (κ1) is 12.9. The number of halogens is 1. The fourth-order valence-electron chi connectivity index (χ4n) is 2.39. The van der Waals surface area contributed by atoms with Gasteiger partial charge >= 0.3 is 0 Å². The van der Waals surface area contributed by atoms with Crippen LogP contribution < -0.4 is 0 Å². The van der Waals surface area contributed by atoms with E-state index in [1.54, 1.807) is 0 Å². The Bertz CT molecular complexity index is 718. The quantitative estimate of drug-likeness (QED) is 0.614. The molecule has 98 valence electrons. The molecule has 0 aliphatic rings. The van der Waals surface area contributed by atoms with Crippen LogP contribution in [0.25, 0.3) is 22.4 Å². The van der Waals surface area contributed by atoms with Gasteiger partial charge in [-0.25, -0.2) is 0 Å². The van der Waals surface area contributed by atoms with Crippen molar-refractivity contribution in [2.45, 2.75) is 6.92 Å². The molecule has 0 amide bonds. The Morgan fingerprint density at radius 2 is 1.65 bits per heavy atom. The van der Waals surface area contributed by atoms with Crippen LogP contribution in [0.2, 0.25) is 5.02 Å². The topological polar surface area (TPSA) is 12.9 Å². The molecule has 0 aliphatic carbocycles. The van der Waals surface area contributed by atoms with Crippen LogP contribution in [0.3, 0.4) is 0 Å². The van der Waals surface area contributed by atoms with E-state index in [4.69, 9.17) is 11.6 Å². The van der Waals surface area contributed by atoms with Gasteiger partial charge in [-0.05, 0) is 47.9 Å². The minimum atomic E-state index is 0.751. The lowest BCUT2D eigenvalue weighted by Gasteiger charge is -2.12. The van der Waals surface area contributed by atoms with E-state index in [9.17, 15) is 0 Å². The van der Waals surface area contributed by atoms with Gasteiger partial charge in [-0.1, -0.05) is 48.0 Å². The second-order valence-corrected chi connectivity index (χ2v) is 5.16. The first-order chi connectivity index (χ1) is 9.75. The molecule has 0 saturated carbocycles. The van der Waals surface area contributed by atoms with E-state index in [1.807, 2.05) is 48.7 Å². The molecule has 3 aromatic rings. The average molecular weight is 280 g/mol. The molecule has 0 atom stereocenters. The molecule has 1 aromatic heterocycles. The fraction of sp³-hybridized carbons (Fsp3) is 0.0556. The molecule has 0 N–H and O–H groups in total. The number of hydrogen-bond donors (Lipinski definition) is 0. The highest BCUT2D eigenvalue weighted by Gasteiger charge is 2.10. The predicted molar refractivity (Wildman–Crippen MR) is 84.9 cm³/mol. The molecular weight excluding hydrogens is 266 g/mol. The Morgan fingerprint density at radius 1 is 0.850 bits per heavy atom. The zero-order valence-corrected chi connectivity index (χ0v) is 11.9. The van der Waals surface area contributed by atoms with Gasteiger partial charge in [0, 0.05) is 16.8 Å². The van der Waals surface area contributed by atoms with Crippen molar-refractivity contribution in [2.24, 2.45) is 0 Å². The lowest BCUT2D eigenvalue weighted by Crippen LogP contribution is -1.91. The minimum Gasteiger partial charge on any atom is -0.256 e. The summed E-state index contributed by atoms with van der Waals surface area (Å²) in [5.74, 6) is 0. The molecule has 0 saturated heterocycles. The van der Waals surface area contributed by atoms with Crippen molar-refractivity contribution in [3.63, 3.8) is 0 Å². The zero-order valence-electron chi connectivity index (χ0n) is 11.2. The van der Waals surface area contributed by atoms with Crippen LogP contribution in [0.4, 0.5) is 0 Å². The number of benzene rings is 2. The second-order valence-electron chi connectivity index (χ2n) is 4.72. The van der Waals surface area contributed by atoms with Crippen molar-refractivity contribution in [1.82, 2.24) is 4.98 Å². The van der Waals surface area contributed by atoms with E-state index in [1.165, 1.54) is 16.7 Å². The molecule has 0 bridgehead atoms. The van der Waals surface area contributed by atoms with Gasteiger partial charge < -0.3 is 0 Å². The molecule has 2 aromatic carbocycles. The van der Waals surface area contributed by atoms with Gasteiger partial charge in [0.05, 0.1) is 5.69 Å². The van der Waals surface area contributed by atoms with Gasteiger partial charge in [-0.3, -0.25) is 4.98 Å². The van der Waals surface area contributed by atoms with Crippen molar-refractivity contribution >= 4 is 11.6 Å². The average Bonchev–Trinajstić information content (AvgIpc) is 2.49. The summed E-state index contributed by atoms with van der Waals surface area (Å²) in [5.41, 5.74) is 5.72. The van der Waals surface area contributed by atoms with E-state index >= 15 is 0 Å². The number of hydrogen-bond acceptors (Lipinski definition) is 1. The van der Waals surface area contributed by atoms with E-state index in [0.29, 0.717) is 0 Å². The minimum absolute atomic E-state index is 0.751. The third-order valence-corrected chi connectivity index (χ3v) is 3.60. The van der Waals surface area contributed by atoms with Crippen LogP contribution in [0.15, 0.2) is 66.9 Å². The van der Waals surface area contributed by atoms with Crippen LogP contribution in [0.5, 0.6) is 0 Å². The molecule has 3 rings (SSSR count). The van der Waals surface area contributed by atoms with Gasteiger partial charge in [0.1, 0.15) is 0 Å². The Kier molecular flexibility index (Phi) is 3.53. The molecule has 1 nitrogen and oxygen atoms in total. The zero-order chi connectivity index (χ0) is 13.9. The highest BCUT2D eigenvalue weighted by molar-refractivity contribution is 6.30. The van der Waals surface area contributed by atoms with Crippen LogP contribution >= 0.6 is 11.6 Å². The summed E-state index contributed by atoms with van der Waals surface area (Å²) in [4.78, 5) is 4.49. The lowest BCUT2D eigenvalue weighted by molar-refractivity contribution is 1.31. The van der Waals surface area contributed by atoms with Gasteiger partial charge in [0.15, 0.2) is 0 Å². The van der Waals surface area contributed by atoms with Crippen LogP contribution in [0, 0.1) is 6.92 Å². The Balaban J connectivity index is 2.22. The van der Waals surface area contributed by atoms with Crippen molar-refractivity contribution in [3.05, 3.63) is 77.4 Å². The van der Waals surface area contributed by atoms with Crippen molar-refractivity contribution < 1.29 is 0 Å². The molecule has 0 unspecified atom stereocenters. The maximum absolute atomic E-state index is 5.97. The van der Waals surface area contributed by atoms with Crippen LogP contribution in [-0.2, 0) is 0 Å². The van der Waals surface area contributed by atoms with Crippen molar-refractivity contribution in [2.75, 3.05) is 0 Å². The molecular formula is C18H14ClN. The molecule has 1 heterocycles. The summed E-state index contributed by atoms with van der Waals surface area (Å²) in [6.45, 7) is 2.11. The maximum atomic E-state index is 5.97. The summed E-state index contributed by atoms with van der Waals surface area (Å²) >= 11 is 5.97. The lowest BCUT2D eigenvalue weighted by atomic mass is 9.93. The number of nitrogens with zero attached hydrogens (tertiary/aromatic N) is 1. The molecule has 20 heavy (non-hydrogen) atoms. The van der Waals surface area contributed by atoms with Gasteiger partial charge in [0.25, 0.3) is 0 Å². The Hall–Kier alpha value is -2.12. The standard InChI is InChI=1S/C18H14ClN/c1-13-5-4-6-16(14-8-10-15(19)11-9-14)18(13)17-7-2-3-12-20-17/h2-12H,1H3. The van der Waals surface area contributed by atoms with Crippen molar-refractivity contribution in [1.29, 1.82) is 0 Å². The summed E-state index contributed by atoms with van der Waals surface area (Å²) in [5, 5.41) is 0.751. The van der Waals surface area contributed by atoms with E-state index in [-0.39, 0.29) is 0 Å². The highest BCUT2D eigenvalue weighted by atomic mass is 35.5. The summed E-state index contributed by atoms with van der Waals surface area (Å²) < 4.78 is 0. The third kappa shape index (κ3) is 2.45. The summed E-state index contributed by atoms with van der Waals surface area (Å²) in [6.07, 6.45) is 1.83. The Labute approximate surface area is 123 Å². The van der Waals surface area contributed by atoms with Crippen molar-refractivity contribution in [3.8, 4) is 22.4 Å². The highest BCUT2D eigenvalue weighted by Crippen LogP contribution is 2.33. The van der Waals surface area contributed by atoms with E-state index < -0.39 is 0 Å². The number of pyridine rings is 1. The van der Waals surface area contributed by atoms with E-state index in [0.717, 1.165) is 16.3 Å². The smallest absolute Gasteiger partial charge is 0.0710 e. The summed E-state index contributed by atoms with van der Waals surface area (Å²) in [6, 6.07) is 20.2. The molecule has 0 spiro atoms. The SMILES string of the molecule is Cc1cccc(-c2ccc(Cl)cc2)c1-c1ccccn1. The van der Waals surface area contributed by atoms with Crippen LogP contribution in [-0.4, -0.2) is 4.98 Å². The van der Waals surface area contributed by atoms with Gasteiger partial charge in [0.2, 0.25) is 0 Å². The number of aromatic nitrogens is 1. The largest absolute Gasteiger partial charge is 0.256 e. The first-order valence-electron chi connectivity index (χ1n) is 6.52. The molecule has 2 heteroatoms. The normalized spacial score (nSPS) is 10.5. The van der Waals surface area contributed by atoms with Crippen LogP contribution in [0.1, 0.15) is 5.56 Å². The van der Waals surface area contributed by atoms with E-state index in [2.05, 4.69) is 30.1 Å². The first-order valence-corrected chi connectivity index (χ1v) is 6.90. The summed E-state index contributed by atoms with van der Waals surface area (Å²) in [7, 11) is 0. The maximum Gasteiger partial charge on any atom is 0.0710 e. The molecule has 0 radical (unpaired) electrons. The van der Waals surface area contributed by atoms with Gasteiger partial charge in [-0.2, -0.15) is 0 Å².